The van der Waals surface area contributed by atoms with E-state index >= 15 is 0 Å². The van der Waals surface area contributed by atoms with Gasteiger partial charge in [-0.15, -0.1) is 10.2 Å². The average Bonchev–Trinajstić information content (AvgIpc) is 3.25. The first kappa shape index (κ1) is 15.8. The number of urea groups is 1. The van der Waals surface area contributed by atoms with Gasteiger partial charge in [0.2, 0.25) is 12.3 Å². The monoisotopic (exact) mass is 349 g/mol. The van der Waals surface area contributed by atoms with Crippen molar-refractivity contribution >= 4 is 28.5 Å². The zero-order chi connectivity index (χ0) is 18.1. The second-order valence-electron chi connectivity index (χ2n) is 5.77. The number of aromatic nitrogens is 3. The van der Waals surface area contributed by atoms with Crippen LogP contribution in [0.25, 0.3) is 22.6 Å². The van der Waals surface area contributed by atoms with Crippen molar-refractivity contribution in [2.75, 3.05) is 10.6 Å². The van der Waals surface area contributed by atoms with E-state index in [1.165, 1.54) is 6.39 Å². The molecule has 0 atom stereocenters. The largest absolute Gasteiger partial charge is 0.441 e. The summed E-state index contributed by atoms with van der Waals surface area (Å²) in [5.74, 6) is 0.968. The van der Waals surface area contributed by atoms with E-state index in [0.717, 1.165) is 11.1 Å². The van der Waals surface area contributed by atoms with E-state index < -0.39 is 0 Å². The Labute approximate surface area is 148 Å². The van der Waals surface area contributed by atoms with E-state index in [9.17, 15) is 4.79 Å². The molecule has 2 amide bonds. The van der Waals surface area contributed by atoms with Crippen molar-refractivity contribution in [1.29, 1.82) is 0 Å². The molecule has 2 aromatic heterocycles. The number of fused-ring (bicyclic) bond motifs is 1. The number of nitrogens with zero attached hydrogens (tertiary/aromatic N) is 3. The van der Waals surface area contributed by atoms with Gasteiger partial charge in [-0.05, 0) is 42.8 Å². The number of hydrogen-bond acceptors (Lipinski definition) is 6. The number of oxazole rings is 1. The molecule has 0 aliphatic heterocycles. The zero-order valence-corrected chi connectivity index (χ0v) is 14.1. The average molecular weight is 349 g/mol. The predicted molar refractivity (Wildman–Crippen MR) is 95.9 cm³/mol. The summed E-state index contributed by atoms with van der Waals surface area (Å²) in [4.78, 5) is 16.6. The topological polar surface area (TPSA) is 106 Å². The van der Waals surface area contributed by atoms with Crippen molar-refractivity contribution in [3.63, 3.8) is 0 Å². The minimum absolute atomic E-state index is 0.365. The third kappa shape index (κ3) is 3.12. The van der Waals surface area contributed by atoms with Gasteiger partial charge in [0.1, 0.15) is 5.52 Å². The first-order valence-electron chi connectivity index (χ1n) is 7.91. The maximum atomic E-state index is 12.4. The number of hydrogen-bond donors (Lipinski definition) is 2. The number of anilines is 2. The summed E-state index contributed by atoms with van der Waals surface area (Å²) in [6, 6.07) is 10.4. The standard InChI is InChI=1S/C18H15N5O3/c1-10-3-4-12(17-23-19-9-25-17)7-14(10)22-18(24)21-13-5-6-16-15(8-13)20-11(2)26-16/h3-9H,1-2H3,(H2,21,22,24). The Bertz CT molecular complexity index is 1090. The molecule has 0 saturated carbocycles. The number of benzene rings is 2. The molecular weight excluding hydrogens is 334 g/mol. The highest BCUT2D eigenvalue weighted by Crippen LogP contribution is 2.24. The van der Waals surface area contributed by atoms with Crippen LogP contribution in [0.2, 0.25) is 0 Å². The number of nitrogens with one attached hydrogen (secondary N) is 2. The summed E-state index contributed by atoms with van der Waals surface area (Å²) in [5.41, 5.74) is 4.27. The van der Waals surface area contributed by atoms with E-state index in [4.69, 9.17) is 8.83 Å². The third-order valence-electron chi connectivity index (χ3n) is 3.85. The fourth-order valence-electron chi connectivity index (χ4n) is 2.59. The fraction of sp³-hybridized carbons (Fsp3) is 0.111. The van der Waals surface area contributed by atoms with Crippen LogP contribution in [0, 0.1) is 13.8 Å². The van der Waals surface area contributed by atoms with E-state index in [1.807, 2.05) is 19.1 Å². The molecule has 2 aromatic carbocycles. The zero-order valence-electron chi connectivity index (χ0n) is 14.1. The highest BCUT2D eigenvalue weighted by molar-refractivity contribution is 6.01. The molecule has 8 nitrogen and oxygen atoms in total. The van der Waals surface area contributed by atoms with Crippen LogP contribution >= 0.6 is 0 Å². The minimum atomic E-state index is -0.365. The lowest BCUT2D eigenvalue weighted by Gasteiger charge is -2.11. The maximum absolute atomic E-state index is 12.4. The SMILES string of the molecule is Cc1nc2cc(NC(=O)Nc3cc(-c4nnco4)ccc3C)ccc2o1. The van der Waals surface area contributed by atoms with Crippen LogP contribution in [0.15, 0.2) is 51.6 Å². The fourth-order valence-corrected chi connectivity index (χ4v) is 2.59. The molecule has 2 heterocycles. The van der Waals surface area contributed by atoms with Crippen LogP contribution in [0.3, 0.4) is 0 Å². The summed E-state index contributed by atoms with van der Waals surface area (Å²) in [6.45, 7) is 3.68. The molecule has 0 bridgehead atoms. The van der Waals surface area contributed by atoms with Gasteiger partial charge in [0, 0.05) is 23.9 Å². The Hall–Kier alpha value is -3.68. The molecule has 4 rings (SSSR count). The highest BCUT2D eigenvalue weighted by Gasteiger charge is 2.10. The van der Waals surface area contributed by atoms with Crippen LogP contribution in [0.5, 0.6) is 0 Å². The second-order valence-corrected chi connectivity index (χ2v) is 5.77. The van der Waals surface area contributed by atoms with Gasteiger partial charge in [0.15, 0.2) is 11.5 Å². The lowest BCUT2D eigenvalue weighted by Crippen LogP contribution is -2.20. The van der Waals surface area contributed by atoms with Crippen LogP contribution < -0.4 is 10.6 Å². The predicted octanol–water partition coefficient (Wildman–Crippen LogP) is 4.14. The second kappa shape index (κ2) is 6.32. The Morgan fingerprint density at radius 2 is 1.96 bits per heavy atom. The van der Waals surface area contributed by atoms with Gasteiger partial charge >= 0.3 is 6.03 Å². The van der Waals surface area contributed by atoms with Crippen molar-refractivity contribution in [2.24, 2.45) is 0 Å². The van der Waals surface area contributed by atoms with Gasteiger partial charge in [-0.3, -0.25) is 0 Å². The van der Waals surface area contributed by atoms with Gasteiger partial charge in [-0.25, -0.2) is 9.78 Å². The molecule has 0 aliphatic rings. The van der Waals surface area contributed by atoms with Gasteiger partial charge in [-0.2, -0.15) is 0 Å². The third-order valence-corrected chi connectivity index (χ3v) is 3.85. The van der Waals surface area contributed by atoms with Crippen LogP contribution in [0.1, 0.15) is 11.5 Å². The Kier molecular flexibility index (Phi) is 3.85. The van der Waals surface area contributed by atoms with Gasteiger partial charge < -0.3 is 19.5 Å². The number of carbonyl (C=O) groups is 1. The van der Waals surface area contributed by atoms with Crippen molar-refractivity contribution in [3.05, 3.63) is 54.2 Å². The van der Waals surface area contributed by atoms with E-state index in [1.54, 1.807) is 31.2 Å². The van der Waals surface area contributed by atoms with Crippen molar-refractivity contribution < 1.29 is 13.6 Å². The van der Waals surface area contributed by atoms with Gasteiger partial charge in [-0.1, -0.05) is 6.07 Å². The molecule has 8 heteroatoms. The van der Waals surface area contributed by atoms with Crippen LogP contribution in [0.4, 0.5) is 16.2 Å². The van der Waals surface area contributed by atoms with Crippen LogP contribution in [-0.4, -0.2) is 21.2 Å². The number of aryl methyl sites for hydroxylation is 2. The van der Waals surface area contributed by atoms with Crippen LogP contribution in [-0.2, 0) is 0 Å². The molecule has 0 spiro atoms. The summed E-state index contributed by atoms with van der Waals surface area (Å²) < 4.78 is 10.6. The molecule has 0 unspecified atom stereocenters. The molecule has 0 radical (unpaired) electrons. The molecule has 0 saturated heterocycles. The summed E-state index contributed by atoms with van der Waals surface area (Å²) in [6.07, 6.45) is 1.26. The number of carbonyl (C=O) groups excluding carboxylic acids is 1. The molecule has 26 heavy (non-hydrogen) atoms. The quantitative estimate of drug-likeness (QED) is 0.576. The number of amides is 2. The lowest BCUT2D eigenvalue weighted by molar-refractivity contribution is 0.262. The van der Waals surface area contributed by atoms with Crippen molar-refractivity contribution in [2.45, 2.75) is 13.8 Å². The highest BCUT2D eigenvalue weighted by atomic mass is 16.4. The van der Waals surface area contributed by atoms with Gasteiger partial charge in [0.05, 0.1) is 0 Å². The van der Waals surface area contributed by atoms with Crippen molar-refractivity contribution in [1.82, 2.24) is 15.2 Å². The molecule has 2 N–H and O–H groups in total. The number of rotatable bonds is 3. The minimum Gasteiger partial charge on any atom is -0.441 e. The first-order valence-corrected chi connectivity index (χ1v) is 7.91. The van der Waals surface area contributed by atoms with E-state index in [-0.39, 0.29) is 6.03 Å². The molecule has 4 aromatic rings. The maximum Gasteiger partial charge on any atom is 0.323 e. The van der Waals surface area contributed by atoms with E-state index in [2.05, 4.69) is 25.8 Å². The van der Waals surface area contributed by atoms with Gasteiger partial charge in [0.25, 0.3) is 0 Å². The first-order chi connectivity index (χ1) is 12.6. The summed E-state index contributed by atoms with van der Waals surface area (Å²) in [7, 11) is 0. The molecule has 0 aliphatic carbocycles. The Balaban J connectivity index is 1.52. The van der Waals surface area contributed by atoms with Crippen molar-refractivity contribution in [3.8, 4) is 11.5 Å². The smallest absolute Gasteiger partial charge is 0.323 e. The Morgan fingerprint density at radius 3 is 2.77 bits per heavy atom. The molecule has 130 valence electrons. The lowest BCUT2D eigenvalue weighted by atomic mass is 10.1. The normalized spacial score (nSPS) is 10.8. The molecular formula is C18H15N5O3. The van der Waals surface area contributed by atoms with E-state index in [0.29, 0.717) is 34.3 Å². The Morgan fingerprint density at radius 1 is 1.08 bits per heavy atom. The summed E-state index contributed by atoms with van der Waals surface area (Å²) >= 11 is 0. The summed E-state index contributed by atoms with van der Waals surface area (Å²) in [5, 5.41) is 13.2. The molecule has 0 fully saturated rings.